The molecular formula is C13H12BrNO4S2. The van der Waals surface area contributed by atoms with E-state index in [1.807, 2.05) is 0 Å². The minimum absolute atomic E-state index is 0.0420. The molecule has 5 nitrogen and oxygen atoms in total. The molecule has 0 bridgehead atoms. The average Bonchev–Trinajstić information content (AvgIpc) is 2.37. The van der Waals surface area contributed by atoms with Crippen molar-refractivity contribution >= 4 is 41.5 Å². The minimum Gasteiger partial charge on any atom is -0.280 e. The van der Waals surface area contributed by atoms with E-state index in [4.69, 9.17) is 0 Å². The Morgan fingerprint density at radius 2 is 1.52 bits per heavy atom. The quantitative estimate of drug-likeness (QED) is 0.871. The van der Waals surface area contributed by atoms with Crippen molar-refractivity contribution in [2.75, 3.05) is 11.0 Å². The van der Waals surface area contributed by atoms with Crippen molar-refractivity contribution in [2.45, 2.75) is 9.79 Å². The van der Waals surface area contributed by atoms with Gasteiger partial charge in [-0.2, -0.15) is 0 Å². The van der Waals surface area contributed by atoms with Gasteiger partial charge in [-0.05, 0) is 36.4 Å². The lowest BCUT2D eigenvalue weighted by molar-refractivity contribution is 0.599. The number of rotatable bonds is 4. The average molecular weight is 390 g/mol. The zero-order valence-electron chi connectivity index (χ0n) is 10.9. The SMILES string of the molecule is CS(=O)(=O)c1cccc(S(=O)(=O)Nc2cccc(Br)c2)c1. The van der Waals surface area contributed by atoms with Gasteiger partial charge in [-0.15, -0.1) is 0 Å². The van der Waals surface area contributed by atoms with Crippen molar-refractivity contribution < 1.29 is 16.8 Å². The standard InChI is InChI=1S/C13H12BrNO4S2/c1-20(16,17)12-6-3-7-13(9-12)21(18,19)15-11-5-2-4-10(14)8-11/h2-9,15H,1H3. The molecule has 0 radical (unpaired) electrons. The van der Waals surface area contributed by atoms with Gasteiger partial charge < -0.3 is 0 Å². The molecule has 21 heavy (non-hydrogen) atoms. The largest absolute Gasteiger partial charge is 0.280 e. The van der Waals surface area contributed by atoms with Gasteiger partial charge in [0.05, 0.1) is 9.79 Å². The highest BCUT2D eigenvalue weighted by Gasteiger charge is 2.17. The van der Waals surface area contributed by atoms with E-state index in [0.717, 1.165) is 16.8 Å². The second-order valence-electron chi connectivity index (χ2n) is 4.36. The first kappa shape index (κ1) is 16.0. The number of halogens is 1. The van der Waals surface area contributed by atoms with Crippen molar-refractivity contribution in [2.24, 2.45) is 0 Å². The Hall–Kier alpha value is -1.38. The Kier molecular flexibility index (Phi) is 4.40. The van der Waals surface area contributed by atoms with Gasteiger partial charge >= 0.3 is 0 Å². The van der Waals surface area contributed by atoms with Crippen molar-refractivity contribution in [3.63, 3.8) is 0 Å². The maximum absolute atomic E-state index is 12.3. The van der Waals surface area contributed by atoms with Crippen LogP contribution in [0, 0.1) is 0 Å². The highest BCUT2D eigenvalue weighted by atomic mass is 79.9. The topological polar surface area (TPSA) is 80.3 Å². The number of nitrogens with one attached hydrogen (secondary N) is 1. The van der Waals surface area contributed by atoms with Gasteiger partial charge in [-0.25, -0.2) is 16.8 Å². The van der Waals surface area contributed by atoms with E-state index in [-0.39, 0.29) is 9.79 Å². The fourth-order valence-electron chi connectivity index (χ4n) is 1.64. The van der Waals surface area contributed by atoms with E-state index in [9.17, 15) is 16.8 Å². The number of sulfone groups is 1. The molecule has 0 aliphatic rings. The number of hydrogen-bond acceptors (Lipinski definition) is 4. The summed E-state index contributed by atoms with van der Waals surface area (Å²) in [4.78, 5) is -0.148. The molecule has 0 aromatic heterocycles. The molecule has 2 aromatic carbocycles. The molecule has 0 aliphatic carbocycles. The Morgan fingerprint density at radius 1 is 0.905 bits per heavy atom. The van der Waals surface area contributed by atoms with Gasteiger partial charge in [0.1, 0.15) is 0 Å². The maximum atomic E-state index is 12.3. The molecule has 0 saturated heterocycles. The van der Waals surface area contributed by atoms with Crippen molar-refractivity contribution in [3.05, 3.63) is 53.0 Å². The predicted molar refractivity (Wildman–Crippen MR) is 84.5 cm³/mol. The van der Waals surface area contributed by atoms with Gasteiger partial charge in [0, 0.05) is 16.4 Å². The predicted octanol–water partition coefficient (Wildman–Crippen LogP) is 2.65. The van der Waals surface area contributed by atoms with E-state index < -0.39 is 19.9 Å². The van der Waals surface area contributed by atoms with Crippen LogP contribution in [0.3, 0.4) is 0 Å². The van der Waals surface area contributed by atoms with Crippen LogP contribution in [-0.4, -0.2) is 23.1 Å². The lowest BCUT2D eigenvalue weighted by atomic mass is 10.3. The van der Waals surface area contributed by atoms with Gasteiger partial charge in [-0.1, -0.05) is 28.1 Å². The molecule has 2 rings (SSSR count). The van der Waals surface area contributed by atoms with Crippen molar-refractivity contribution in [1.82, 2.24) is 0 Å². The van der Waals surface area contributed by atoms with E-state index >= 15 is 0 Å². The van der Waals surface area contributed by atoms with E-state index in [0.29, 0.717) is 5.69 Å². The van der Waals surface area contributed by atoms with Crippen LogP contribution in [0.4, 0.5) is 5.69 Å². The van der Waals surface area contributed by atoms with Crippen LogP contribution in [0.2, 0.25) is 0 Å². The molecular weight excluding hydrogens is 378 g/mol. The number of sulfonamides is 1. The fraction of sp³-hybridized carbons (Fsp3) is 0.0769. The molecule has 0 heterocycles. The first-order valence-electron chi connectivity index (χ1n) is 5.77. The summed E-state index contributed by atoms with van der Waals surface area (Å²) >= 11 is 3.25. The van der Waals surface area contributed by atoms with Gasteiger partial charge in [0.2, 0.25) is 0 Å². The molecule has 112 valence electrons. The molecule has 0 atom stereocenters. The number of hydrogen-bond donors (Lipinski definition) is 1. The molecule has 8 heteroatoms. The lowest BCUT2D eigenvalue weighted by Crippen LogP contribution is -2.13. The van der Waals surface area contributed by atoms with Crippen LogP contribution in [0.5, 0.6) is 0 Å². The summed E-state index contributed by atoms with van der Waals surface area (Å²) in [6, 6.07) is 11.9. The molecule has 0 fully saturated rings. The molecule has 0 aliphatic heterocycles. The van der Waals surface area contributed by atoms with Gasteiger partial charge in [-0.3, -0.25) is 4.72 Å². The fourth-order valence-corrected chi connectivity index (χ4v) is 3.87. The summed E-state index contributed by atoms with van der Waals surface area (Å²) < 4.78 is 50.7. The van der Waals surface area contributed by atoms with E-state index in [1.165, 1.54) is 18.2 Å². The Balaban J connectivity index is 2.41. The van der Waals surface area contributed by atoms with Crippen LogP contribution in [0.25, 0.3) is 0 Å². The summed E-state index contributed by atoms with van der Waals surface area (Å²) in [6.45, 7) is 0. The van der Waals surface area contributed by atoms with Crippen LogP contribution < -0.4 is 4.72 Å². The molecule has 0 amide bonds. The summed E-state index contributed by atoms with van der Waals surface area (Å²) in [6.07, 6.45) is 1.03. The third-order valence-electron chi connectivity index (χ3n) is 2.62. The van der Waals surface area contributed by atoms with Gasteiger partial charge in [0.15, 0.2) is 9.84 Å². The number of anilines is 1. The molecule has 1 N–H and O–H groups in total. The Labute approximate surface area is 132 Å². The lowest BCUT2D eigenvalue weighted by Gasteiger charge is -2.09. The zero-order chi connectivity index (χ0) is 15.7. The third kappa shape index (κ3) is 4.05. The van der Waals surface area contributed by atoms with Crippen molar-refractivity contribution in [1.29, 1.82) is 0 Å². The summed E-state index contributed by atoms with van der Waals surface area (Å²) in [5, 5.41) is 0. The molecule has 0 saturated carbocycles. The van der Waals surface area contributed by atoms with Crippen LogP contribution >= 0.6 is 15.9 Å². The highest BCUT2D eigenvalue weighted by Crippen LogP contribution is 2.21. The third-order valence-corrected chi connectivity index (χ3v) is 5.60. The van der Waals surface area contributed by atoms with Crippen LogP contribution in [0.1, 0.15) is 0 Å². The molecule has 0 unspecified atom stereocenters. The first-order valence-corrected chi connectivity index (χ1v) is 9.94. The maximum Gasteiger partial charge on any atom is 0.261 e. The minimum atomic E-state index is -3.85. The molecule has 0 spiro atoms. The summed E-state index contributed by atoms with van der Waals surface area (Å²) in [5.74, 6) is 0. The van der Waals surface area contributed by atoms with E-state index in [1.54, 1.807) is 24.3 Å². The van der Waals surface area contributed by atoms with Crippen LogP contribution in [-0.2, 0) is 19.9 Å². The molecule has 2 aromatic rings. The zero-order valence-corrected chi connectivity index (χ0v) is 14.2. The monoisotopic (exact) mass is 389 g/mol. The summed E-state index contributed by atoms with van der Waals surface area (Å²) in [5.41, 5.74) is 0.383. The van der Waals surface area contributed by atoms with Crippen LogP contribution in [0.15, 0.2) is 62.8 Å². The first-order chi connectivity index (χ1) is 9.68. The number of benzene rings is 2. The summed E-state index contributed by atoms with van der Waals surface area (Å²) in [7, 11) is -7.31. The van der Waals surface area contributed by atoms with Gasteiger partial charge in [0.25, 0.3) is 10.0 Å². The smallest absolute Gasteiger partial charge is 0.261 e. The normalized spacial score (nSPS) is 12.1. The second kappa shape index (κ2) is 5.78. The van der Waals surface area contributed by atoms with Crippen molar-refractivity contribution in [3.8, 4) is 0 Å². The van der Waals surface area contributed by atoms with E-state index in [2.05, 4.69) is 20.7 Å². The highest BCUT2D eigenvalue weighted by molar-refractivity contribution is 9.10. The Bertz CT molecular complexity index is 877. The second-order valence-corrected chi connectivity index (χ2v) is 8.98. The Morgan fingerprint density at radius 3 is 2.14 bits per heavy atom.